The quantitative estimate of drug-likeness (QED) is 0.792. The highest BCUT2D eigenvalue weighted by atomic mass is 16.4. The number of aliphatic carboxylic acids is 1. The summed E-state index contributed by atoms with van der Waals surface area (Å²) in [7, 11) is 0. The molecule has 0 aromatic carbocycles. The first-order valence-electron chi connectivity index (χ1n) is 8.10. The van der Waals surface area contributed by atoms with Gasteiger partial charge in [-0.05, 0) is 37.5 Å². The first kappa shape index (κ1) is 14.6. The highest BCUT2D eigenvalue weighted by Gasteiger charge is 2.34. The highest BCUT2D eigenvalue weighted by molar-refractivity contribution is 5.75. The van der Waals surface area contributed by atoms with Crippen LogP contribution >= 0.6 is 0 Å². The first-order chi connectivity index (χ1) is 10.1. The summed E-state index contributed by atoms with van der Waals surface area (Å²) in [5, 5.41) is 8.81. The zero-order valence-electron chi connectivity index (χ0n) is 12.5. The highest BCUT2D eigenvalue weighted by Crippen LogP contribution is 2.34. The average molecular weight is 295 g/mol. The van der Waals surface area contributed by atoms with Gasteiger partial charge < -0.3 is 14.9 Å². The van der Waals surface area contributed by atoms with Crippen molar-refractivity contribution in [1.82, 2.24) is 14.7 Å². The summed E-state index contributed by atoms with van der Waals surface area (Å²) in [6.45, 7) is 4.55. The lowest BCUT2D eigenvalue weighted by Gasteiger charge is -2.37. The molecule has 1 N–H and O–H groups in total. The minimum Gasteiger partial charge on any atom is -0.480 e. The molecule has 0 bridgehead atoms. The van der Waals surface area contributed by atoms with Crippen molar-refractivity contribution in [2.24, 2.45) is 11.8 Å². The van der Waals surface area contributed by atoms with E-state index in [0.29, 0.717) is 26.2 Å². The summed E-state index contributed by atoms with van der Waals surface area (Å²) in [5.41, 5.74) is 0. The molecule has 0 atom stereocenters. The third-order valence-corrected chi connectivity index (χ3v) is 4.62. The molecule has 0 radical (unpaired) electrons. The zero-order chi connectivity index (χ0) is 14.8. The van der Waals surface area contributed by atoms with Crippen molar-refractivity contribution in [3.63, 3.8) is 0 Å². The SMILES string of the molecule is O=C(O)CN1CCN(C(=O)N(CC2CC2)CC2CC2)CC1. The maximum absolute atomic E-state index is 12.7. The maximum atomic E-state index is 12.7. The minimum atomic E-state index is -0.793. The lowest BCUT2D eigenvalue weighted by Crippen LogP contribution is -2.54. The Balaban J connectivity index is 1.49. The van der Waals surface area contributed by atoms with E-state index in [1.54, 1.807) is 0 Å². The summed E-state index contributed by atoms with van der Waals surface area (Å²) >= 11 is 0. The Morgan fingerprint density at radius 1 is 0.952 bits per heavy atom. The van der Waals surface area contributed by atoms with E-state index in [9.17, 15) is 9.59 Å². The summed E-state index contributed by atoms with van der Waals surface area (Å²) in [5.74, 6) is 0.654. The van der Waals surface area contributed by atoms with Crippen molar-refractivity contribution in [2.75, 3.05) is 45.8 Å². The van der Waals surface area contributed by atoms with Gasteiger partial charge >= 0.3 is 12.0 Å². The van der Waals surface area contributed by atoms with Crippen LogP contribution in [0.5, 0.6) is 0 Å². The molecule has 0 spiro atoms. The standard InChI is InChI=1S/C15H25N3O3/c19-14(20)11-16-5-7-17(8-6-16)15(21)18(9-12-1-2-12)10-13-3-4-13/h12-13H,1-11H2,(H,19,20). The molecule has 1 saturated heterocycles. The second-order valence-corrected chi connectivity index (χ2v) is 6.73. The number of carboxylic acid groups (broad SMARTS) is 1. The summed E-state index contributed by atoms with van der Waals surface area (Å²) < 4.78 is 0. The van der Waals surface area contributed by atoms with E-state index in [4.69, 9.17) is 5.11 Å². The largest absolute Gasteiger partial charge is 0.480 e. The molecule has 1 heterocycles. The summed E-state index contributed by atoms with van der Waals surface area (Å²) in [6.07, 6.45) is 5.06. The lowest BCUT2D eigenvalue weighted by atomic mass is 10.3. The van der Waals surface area contributed by atoms with E-state index in [-0.39, 0.29) is 12.6 Å². The molecule has 21 heavy (non-hydrogen) atoms. The Hall–Kier alpha value is -1.30. The van der Waals surface area contributed by atoms with E-state index in [0.717, 1.165) is 24.9 Å². The van der Waals surface area contributed by atoms with Gasteiger partial charge in [-0.1, -0.05) is 0 Å². The van der Waals surface area contributed by atoms with E-state index in [1.165, 1.54) is 25.7 Å². The normalized spacial score (nSPS) is 23.1. The van der Waals surface area contributed by atoms with Crippen LogP contribution in [0.15, 0.2) is 0 Å². The lowest BCUT2D eigenvalue weighted by molar-refractivity contribution is -0.138. The molecule has 0 unspecified atom stereocenters. The molecule has 2 aliphatic carbocycles. The van der Waals surface area contributed by atoms with Crippen LogP contribution in [-0.4, -0.2) is 77.6 Å². The van der Waals surface area contributed by atoms with Crippen LogP contribution in [0.2, 0.25) is 0 Å². The summed E-state index contributed by atoms with van der Waals surface area (Å²) in [6, 6.07) is 0.170. The van der Waals surface area contributed by atoms with Crippen LogP contribution in [0, 0.1) is 11.8 Å². The van der Waals surface area contributed by atoms with Gasteiger partial charge in [-0.2, -0.15) is 0 Å². The molecule has 0 aromatic rings. The first-order valence-corrected chi connectivity index (χ1v) is 8.10. The predicted molar refractivity (Wildman–Crippen MR) is 78.1 cm³/mol. The number of nitrogens with zero attached hydrogens (tertiary/aromatic N) is 3. The second-order valence-electron chi connectivity index (χ2n) is 6.73. The van der Waals surface area contributed by atoms with Crippen LogP contribution in [0.25, 0.3) is 0 Å². The van der Waals surface area contributed by atoms with Gasteiger partial charge in [-0.3, -0.25) is 9.69 Å². The monoisotopic (exact) mass is 295 g/mol. The Labute approximate surface area is 125 Å². The number of carbonyl (C=O) groups excluding carboxylic acids is 1. The number of hydrogen-bond donors (Lipinski definition) is 1. The van der Waals surface area contributed by atoms with Crippen LogP contribution < -0.4 is 0 Å². The Bertz CT molecular complexity index is 385. The molecule has 6 heteroatoms. The molecule has 3 fully saturated rings. The van der Waals surface area contributed by atoms with Gasteiger partial charge in [0.25, 0.3) is 0 Å². The average Bonchev–Trinajstić information content (AvgIpc) is 3.33. The van der Waals surface area contributed by atoms with E-state index < -0.39 is 5.97 Å². The fourth-order valence-electron chi connectivity index (χ4n) is 2.94. The molecule has 3 rings (SSSR count). The van der Waals surface area contributed by atoms with Crippen LogP contribution in [0.1, 0.15) is 25.7 Å². The van der Waals surface area contributed by atoms with Gasteiger partial charge in [-0.15, -0.1) is 0 Å². The summed E-state index contributed by atoms with van der Waals surface area (Å²) in [4.78, 5) is 29.3. The third-order valence-electron chi connectivity index (χ3n) is 4.62. The molecule has 3 aliphatic rings. The van der Waals surface area contributed by atoms with Gasteiger partial charge in [0.1, 0.15) is 0 Å². The van der Waals surface area contributed by atoms with Crippen molar-refractivity contribution in [2.45, 2.75) is 25.7 Å². The van der Waals surface area contributed by atoms with Crippen molar-refractivity contribution >= 4 is 12.0 Å². The van der Waals surface area contributed by atoms with Gasteiger partial charge in [0.15, 0.2) is 0 Å². The van der Waals surface area contributed by atoms with Crippen molar-refractivity contribution in [1.29, 1.82) is 0 Å². The molecule has 0 aromatic heterocycles. The fourth-order valence-corrected chi connectivity index (χ4v) is 2.94. The number of carboxylic acids is 1. The van der Waals surface area contributed by atoms with E-state index >= 15 is 0 Å². The number of urea groups is 1. The van der Waals surface area contributed by atoms with Crippen molar-refractivity contribution < 1.29 is 14.7 Å². The third kappa shape index (κ3) is 4.33. The smallest absolute Gasteiger partial charge is 0.320 e. The van der Waals surface area contributed by atoms with Crippen LogP contribution in [0.3, 0.4) is 0 Å². The Kier molecular flexibility index (Phi) is 4.33. The fraction of sp³-hybridized carbons (Fsp3) is 0.867. The van der Waals surface area contributed by atoms with Gasteiger partial charge in [0, 0.05) is 39.3 Å². The minimum absolute atomic E-state index is 0.0793. The Morgan fingerprint density at radius 2 is 1.48 bits per heavy atom. The molecule has 1 aliphatic heterocycles. The number of rotatable bonds is 6. The van der Waals surface area contributed by atoms with E-state index in [1.807, 2.05) is 9.80 Å². The number of piperazine rings is 1. The zero-order valence-corrected chi connectivity index (χ0v) is 12.5. The molecular weight excluding hydrogens is 270 g/mol. The molecule has 6 nitrogen and oxygen atoms in total. The number of carbonyl (C=O) groups is 2. The van der Waals surface area contributed by atoms with E-state index in [2.05, 4.69) is 4.90 Å². The van der Waals surface area contributed by atoms with Crippen molar-refractivity contribution in [3.05, 3.63) is 0 Å². The Morgan fingerprint density at radius 3 is 1.90 bits per heavy atom. The molecule has 118 valence electrons. The maximum Gasteiger partial charge on any atom is 0.320 e. The molecular formula is C15H25N3O3. The van der Waals surface area contributed by atoms with Gasteiger partial charge in [-0.25, -0.2) is 4.79 Å². The number of hydrogen-bond acceptors (Lipinski definition) is 3. The molecule has 2 saturated carbocycles. The number of amides is 2. The van der Waals surface area contributed by atoms with Gasteiger partial charge in [0.05, 0.1) is 6.54 Å². The van der Waals surface area contributed by atoms with Crippen molar-refractivity contribution in [3.8, 4) is 0 Å². The molecule has 2 amide bonds. The van der Waals surface area contributed by atoms with Crippen LogP contribution in [-0.2, 0) is 4.79 Å². The second kappa shape index (κ2) is 6.22. The van der Waals surface area contributed by atoms with Crippen LogP contribution in [0.4, 0.5) is 4.79 Å². The van der Waals surface area contributed by atoms with Gasteiger partial charge in [0.2, 0.25) is 0 Å². The predicted octanol–water partition coefficient (Wildman–Crippen LogP) is 0.931. The topological polar surface area (TPSA) is 64.1 Å².